The van der Waals surface area contributed by atoms with E-state index in [1.54, 1.807) is 6.33 Å². The molecule has 2 bridgehead atoms. The maximum atomic E-state index is 11.0. The predicted molar refractivity (Wildman–Crippen MR) is 141 cm³/mol. The average Bonchev–Trinajstić information content (AvgIpc) is 3.64. The van der Waals surface area contributed by atoms with E-state index in [4.69, 9.17) is 34.3 Å². The summed E-state index contributed by atoms with van der Waals surface area (Å²) in [5.74, 6) is 0.257. The molecule has 7 rings (SSSR count). The first kappa shape index (κ1) is 27.1. The van der Waals surface area contributed by atoms with Crippen LogP contribution in [-0.4, -0.2) is 92.1 Å². The molecule has 3 aliphatic rings. The fourth-order valence-electron chi connectivity index (χ4n) is 5.52. The topological polar surface area (TPSA) is 246 Å². The van der Waals surface area contributed by atoms with Gasteiger partial charge in [0.05, 0.1) is 32.5 Å². The molecular weight excluding hydrogens is 582 g/mol. The summed E-state index contributed by atoms with van der Waals surface area (Å²) in [6.45, 7) is 0.0522. The largest absolute Gasteiger partial charge is 0.387 e. The lowest BCUT2D eigenvalue weighted by molar-refractivity contribution is -0.0476. The number of aliphatic hydroxyl groups excluding tert-OH is 1. The van der Waals surface area contributed by atoms with E-state index < -0.39 is 41.7 Å². The SMILES string of the molecule is Nc1ncnc2c1ncn2[C@@H]1C[C@@H]2COP(O)O[C@@H]3[C@H](O)[C@@H](COP(O)OC[C@H]21)O[C@H]3n1cnc2c(N)ncnc21. The molecule has 2 saturated heterocycles. The Hall–Kier alpha value is -2.76. The highest BCUT2D eigenvalue weighted by atomic mass is 31.2. The zero-order valence-electron chi connectivity index (χ0n) is 21.2. The van der Waals surface area contributed by atoms with Crippen molar-refractivity contribution in [1.82, 2.24) is 39.0 Å². The lowest BCUT2D eigenvalue weighted by Gasteiger charge is -2.45. The van der Waals surface area contributed by atoms with Crippen LogP contribution in [0, 0.1) is 11.8 Å². The van der Waals surface area contributed by atoms with Gasteiger partial charge < -0.3 is 53.8 Å². The number of rotatable bonds is 2. The number of nitrogens with two attached hydrogens (primary N) is 2. The van der Waals surface area contributed by atoms with Crippen LogP contribution in [0.2, 0.25) is 0 Å². The Kier molecular flexibility index (Phi) is 7.15. The summed E-state index contributed by atoms with van der Waals surface area (Å²) in [5.41, 5.74) is 13.6. The first-order chi connectivity index (χ1) is 19.9. The van der Waals surface area contributed by atoms with Gasteiger partial charge in [0.2, 0.25) is 0 Å². The maximum absolute atomic E-state index is 11.0. The van der Waals surface area contributed by atoms with Crippen molar-refractivity contribution in [2.24, 2.45) is 11.8 Å². The van der Waals surface area contributed by atoms with Crippen LogP contribution in [0.3, 0.4) is 0 Å². The molecule has 41 heavy (non-hydrogen) atoms. The van der Waals surface area contributed by atoms with Gasteiger partial charge in [0.25, 0.3) is 0 Å². The van der Waals surface area contributed by atoms with Crippen molar-refractivity contribution in [1.29, 1.82) is 0 Å². The summed E-state index contributed by atoms with van der Waals surface area (Å²) < 4.78 is 32.3. The van der Waals surface area contributed by atoms with E-state index in [0.717, 1.165) is 0 Å². The Morgan fingerprint density at radius 3 is 2.17 bits per heavy atom. The van der Waals surface area contributed by atoms with Crippen LogP contribution in [0.1, 0.15) is 18.7 Å². The second kappa shape index (κ2) is 10.8. The smallest absolute Gasteiger partial charge is 0.330 e. The van der Waals surface area contributed by atoms with Gasteiger partial charge in [-0.2, -0.15) is 0 Å². The van der Waals surface area contributed by atoms with Gasteiger partial charge in [-0.15, -0.1) is 0 Å². The van der Waals surface area contributed by atoms with Gasteiger partial charge in [-0.1, -0.05) is 0 Å². The minimum absolute atomic E-state index is 0.0608. The standard InChI is InChI=1S/C21H26N10O8P2/c22-17-13-19(26-5-24-17)30(7-28-13)11-1-9-2-35-41(34)39-16-15(32)12(4-37-40(33)36-3-10(9)11)38-21(16)31-8-29-14-18(23)25-6-27-20(14)31/h5-12,15-16,21,32-34H,1-4H2,(H2,22,24,26)(H2,23,25,27)/t9-,10-,11-,12-,15-,16-,21-,40?,41?/m1/s1. The summed E-state index contributed by atoms with van der Waals surface area (Å²) >= 11 is 0. The molecule has 2 unspecified atom stereocenters. The number of hydrogen-bond acceptors (Lipinski definition) is 16. The van der Waals surface area contributed by atoms with Crippen LogP contribution in [0.5, 0.6) is 0 Å². The van der Waals surface area contributed by atoms with Gasteiger partial charge in [-0.05, 0) is 12.3 Å². The van der Waals surface area contributed by atoms with E-state index >= 15 is 0 Å². The Bertz CT molecular complexity index is 1560. The summed E-state index contributed by atoms with van der Waals surface area (Å²) in [6, 6.07) is -0.0836. The van der Waals surface area contributed by atoms with Gasteiger partial charge in [0, 0.05) is 12.0 Å². The number of nitrogen functional groups attached to an aromatic ring is 2. The molecule has 4 aromatic rings. The monoisotopic (exact) mass is 608 g/mol. The second-order valence-corrected chi connectivity index (χ2v) is 11.8. The highest BCUT2D eigenvalue weighted by Gasteiger charge is 2.49. The summed E-state index contributed by atoms with van der Waals surface area (Å²) in [4.78, 5) is 46.4. The van der Waals surface area contributed by atoms with E-state index in [2.05, 4.69) is 29.9 Å². The van der Waals surface area contributed by atoms with Gasteiger partial charge in [-0.25, -0.2) is 29.9 Å². The highest BCUT2D eigenvalue weighted by molar-refractivity contribution is 7.40. The van der Waals surface area contributed by atoms with Crippen molar-refractivity contribution in [3.63, 3.8) is 0 Å². The van der Waals surface area contributed by atoms with Crippen LogP contribution < -0.4 is 11.5 Å². The maximum Gasteiger partial charge on any atom is 0.330 e. The molecule has 2 aliphatic heterocycles. The molecule has 218 valence electrons. The van der Waals surface area contributed by atoms with Crippen molar-refractivity contribution < 1.29 is 37.7 Å². The molecule has 3 fully saturated rings. The second-order valence-electron chi connectivity index (χ2n) is 9.88. The molecule has 6 heterocycles. The van der Waals surface area contributed by atoms with Crippen molar-refractivity contribution in [3.05, 3.63) is 25.3 Å². The van der Waals surface area contributed by atoms with Crippen LogP contribution in [0.25, 0.3) is 22.3 Å². The van der Waals surface area contributed by atoms with E-state index in [0.29, 0.717) is 28.7 Å². The number of imidazole rings is 2. The van der Waals surface area contributed by atoms with E-state index in [-0.39, 0.29) is 49.3 Å². The molecule has 0 radical (unpaired) electrons. The third kappa shape index (κ3) is 4.79. The van der Waals surface area contributed by atoms with Crippen LogP contribution >= 0.6 is 17.2 Å². The predicted octanol–water partition coefficient (Wildman–Crippen LogP) is 0.153. The first-order valence-electron chi connectivity index (χ1n) is 12.6. The zero-order valence-corrected chi connectivity index (χ0v) is 23.0. The fourth-order valence-corrected chi connectivity index (χ4v) is 6.98. The van der Waals surface area contributed by atoms with E-state index in [1.165, 1.54) is 23.5 Å². The molecule has 1 saturated carbocycles. The lowest BCUT2D eigenvalue weighted by Crippen LogP contribution is -2.43. The highest BCUT2D eigenvalue weighted by Crippen LogP contribution is 2.51. The molecule has 0 aromatic carbocycles. The van der Waals surface area contributed by atoms with Gasteiger partial charge in [0.15, 0.2) is 29.2 Å². The quantitative estimate of drug-likeness (QED) is 0.190. The van der Waals surface area contributed by atoms with Crippen LogP contribution in [-0.2, 0) is 22.8 Å². The van der Waals surface area contributed by atoms with Gasteiger partial charge in [-0.3, -0.25) is 4.57 Å². The zero-order chi connectivity index (χ0) is 28.2. The fraction of sp³-hybridized carbons (Fsp3) is 0.524. The number of fused-ring (bicyclic) bond motifs is 5. The van der Waals surface area contributed by atoms with Gasteiger partial charge >= 0.3 is 17.2 Å². The number of aromatic nitrogens is 8. The Balaban J connectivity index is 1.12. The summed E-state index contributed by atoms with van der Waals surface area (Å²) in [6.07, 6.45) is 2.13. The van der Waals surface area contributed by atoms with Crippen molar-refractivity contribution in [2.75, 3.05) is 31.3 Å². The molecule has 7 N–H and O–H groups in total. The van der Waals surface area contributed by atoms with E-state index in [1.807, 2.05) is 4.57 Å². The molecule has 9 atom stereocenters. The third-order valence-corrected chi connectivity index (χ3v) is 9.23. The van der Waals surface area contributed by atoms with Crippen LogP contribution in [0.15, 0.2) is 25.3 Å². The molecule has 0 spiro atoms. The van der Waals surface area contributed by atoms with Crippen LogP contribution in [0.4, 0.5) is 11.6 Å². The number of ether oxygens (including phenoxy) is 1. The number of aliphatic hydroxyl groups is 1. The molecule has 0 amide bonds. The Morgan fingerprint density at radius 1 is 0.805 bits per heavy atom. The van der Waals surface area contributed by atoms with Crippen molar-refractivity contribution in [3.8, 4) is 0 Å². The number of anilines is 2. The summed E-state index contributed by atoms with van der Waals surface area (Å²) in [7, 11) is -4.73. The Labute approximate surface area is 233 Å². The lowest BCUT2D eigenvalue weighted by atomic mass is 9.70. The minimum atomic E-state index is -2.42. The third-order valence-electron chi connectivity index (χ3n) is 7.70. The van der Waals surface area contributed by atoms with Gasteiger partial charge in [0.1, 0.15) is 42.0 Å². The normalized spacial score (nSPS) is 34.8. The molecule has 1 aliphatic carbocycles. The average molecular weight is 608 g/mol. The number of nitrogens with zero attached hydrogens (tertiary/aromatic N) is 8. The molecule has 18 nitrogen and oxygen atoms in total. The molecule has 20 heteroatoms. The Morgan fingerprint density at radius 2 is 1.44 bits per heavy atom. The molecular formula is C21H26N10O8P2. The first-order valence-corrected chi connectivity index (χ1v) is 14.9. The summed E-state index contributed by atoms with van der Waals surface area (Å²) in [5, 5.41) is 11.0. The van der Waals surface area contributed by atoms with E-state index in [9.17, 15) is 14.9 Å². The van der Waals surface area contributed by atoms with Crippen molar-refractivity contribution in [2.45, 2.75) is 37.0 Å². The molecule has 4 aromatic heterocycles. The minimum Gasteiger partial charge on any atom is -0.387 e. The number of hydrogen-bond donors (Lipinski definition) is 5. The van der Waals surface area contributed by atoms with Crippen molar-refractivity contribution >= 4 is 51.2 Å².